The Balaban J connectivity index is 1.32. The first-order valence-electron chi connectivity index (χ1n) is 13.2. The van der Waals surface area contributed by atoms with Gasteiger partial charge in [-0.25, -0.2) is 18.1 Å². The highest BCUT2D eigenvalue weighted by atomic mass is 32.2. The lowest BCUT2D eigenvalue weighted by atomic mass is 9.82. The minimum atomic E-state index is -4.98. The minimum absolute atomic E-state index is 0.0953. The van der Waals surface area contributed by atoms with Gasteiger partial charge in [0.25, 0.3) is 0 Å². The molecule has 1 heterocycles. The number of ether oxygens (including phenoxy) is 1. The summed E-state index contributed by atoms with van der Waals surface area (Å²) in [6.45, 7) is 6.74. The maximum Gasteiger partial charge on any atom is 0.573 e. The molecule has 0 saturated heterocycles. The number of rotatable bonds is 11. The lowest BCUT2D eigenvalue weighted by Gasteiger charge is -2.29. The summed E-state index contributed by atoms with van der Waals surface area (Å²) in [6, 6.07) is 12.7. The Morgan fingerprint density at radius 3 is 2.21 bits per heavy atom. The van der Waals surface area contributed by atoms with Crippen LogP contribution in [0.1, 0.15) is 39.5 Å². The minimum Gasteiger partial charge on any atom is -0.404 e. The molecule has 3 aromatic rings. The van der Waals surface area contributed by atoms with Crippen LogP contribution in [0.2, 0.25) is 0 Å². The normalized spacial score (nSPS) is 18.2. The highest BCUT2D eigenvalue weighted by molar-refractivity contribution is 7.89. The molecule has 1 saturated carbocycles. The van der Waals surface area contributed by atoms with Crippen LogP contribution < -0.4 is 19.7 Å². The summed E-state index contributed by atoms with van der Waals surface area (Å²) in [7, 11) is -4.16. The summed E-state index contributed by atoms with van der Waals surface area (Å²) in [5, 5.41) is 4.42. The number of sulfonamides is 1. The Bertz CT molecular complexity index is 1360. The summed E-state index contributed by atoms with van der Waals surface area (Å²) in [4.78, 5) is 11.2. The van der Waals surface area contributed by atoms with E-state index in [1.165, 1.54) is 12.1 Å². The standard InChI is InChI=1S/C27H34F3N5O3S/c1-3-35(4-2)25-21-9-5-6-10-22(21)33-26(34-25)31-17-19-13-15-20(16-14-19)18-32-39(36,37)24-12-8-7-11-23(24)38-27(28,29)30/h5-12,19-20,32H,3-4,13-18H2,1-2H3,(H,31,33,34). The third-order valence-electron chi connectivity index (χ3n) is 7.09. The first-order valence-corrected chi connectivity index (χ1v) is 14.7. The number of para-hydroxylation sites is 2. The van der Waals surface area contributed by atoms with E-state index in [0.29, 0.717) is 18.4 Å². The highest BCUT2D eigenvalue weighted by Gasteiger charge is 2.34. The Hall–Kier alpha value is -3.12. The van der Waals surface area contributed by atoms with Crippen molar-refractivity contribution in [2.75, 3.05) is 36.4 Å². The van der Waals surface area contributed by atoms with Gasteiger partial charge in [-0.3, -0.25) is 0 Å². The van der Waals surface area contributed by atoms with Crippen LogP contribution >= 0.6 is 0 Å². The molecule has 1 aliphatic carbocycles. The van der Waals surface area contributed by atoms with Crippen molar-refractivity contribution in [2.24, 2.45) is 11.8 Å². The van der Waals surface area contributed by atoms with Crippen LogP contribution in [-0.4, -0.2) is 50.9 Å². The Kier molecular flexibility index (Phi) is 9.16. The van der Waals surface area contributed by atoms with Gasteiger partial charge in [-0.05, 0) is 75.6 Å². The number of nitrogens with one attached hydrogen (secondary N) is 2. The molecule has 4 rings (SSSR count). The molecule has 0 atom stereocenters. The highest BCUT2D eigenvalue weighted by Crippen LogP contribution is 2.32. The number of alkyl halides is 3. The van der Waals surface area contributed by atoms with E-state index in [9.17, 15) is 21.6 Å². The fourth-order valence-electron chi connectivity index (χ4n) is 4.96. The van der Waals surface area contributed by atoms with Gasteiger partial charge < -0.3 is 15.0 Å². The zero-order valence-electron chi connectivity index (χ0n) is 22.0. The van der Waals surface area contributed by atoms with Crippen LogP contribution in [0.4, 0.5) is 24.9 Å². The van der Waals surface area contributed by atoms with E-state index >= 15 is 0 Å². The summed E-state index contributed by atoms with van der Waals surface area (Å²) < 4.78 is 69.9. The average molecular weight is 566 g/mol. The van der Waals surface area contributed by atoms with Crippen molar-refractivity contribution in [1.29, 1.82) is 0 Å². The number of nitrogens with zero attached hydrogens (tertiary/aromatic N) is 3. The maximum absolute atomic E-state index is 12.7. The molecule has 2 N–H and O–H groups in total. The monoisotopic (exact) mass is 565 g/mol. The summed E-state index contributed by atoms with van der Waals surface area (Å²) in [5.74, 6) is 1.23. The van der Waals surface area contributed by atoms with E-state index < -0.39 is 27.0 Å². The number of hydrogen-bond acceptors (Lipinski definition) is 7. The predicted octanol–water partition coefficient (Wildman–Crippen LogP) is 5.57. The van der Waals surface area contributed by atoms with Gasteiger partial charge in [0.1, 0.15) is 16.5 Å². The van der Waals surface area contributed by atoms with Crippen molar-refractivity contribution < 1.29 is 26.3 Å². The third-order valence-corrected chi connectivity index (χ3v) is 8.55. The Morgan fingerprint density at radius 2 is 1.54 bits per heavy atom. The van der Waals surface area contributed by atoms with Crippen LogP contribution in [0.3, 0.4) is 0 Å². The van der Waals surface area contributed by atoms with Crippen molar-refractivity contribution in [3.8, 4) is 5.75 Å². The molecule has 0 bridgehead atoms. The zero-order valence-corrected chi connectivity index (χ0v) is 22.9. The summed E-state index contributed by atoms with van der Waals surface area (Å²) in [6.07, 6.45) is -1.59. The Morgan fingerprint density at radius 1 is 0.923 bits per heavy atom. The van der Waals surface area contributed by atoms with Gasteiger partial charge in [-0.2, -0.15) is 4.98 Å². The quantitative estimate of drug-likeness (QED) is 0.314. The van der Waals surface area contributed by atoms with Gasteiger partial charge in [0, 0.05) is 31.6 Å². The molecule has 0 spiro atoms. The molecule has 1 aromatic heterocycles. The molecule has 1 aliphatic rings. The molecular weight excluding hydrogens is 531 g/mol. The molecule has 0 aliphatic heterocycles. The van der Waals surface area contributed by atoms with Crippen LogP contribution in [0.25, 0.3) is 10.9 Å². The first kappa shape index (κ1) is 28.9. The number of benzene rings is 2. The van der Waals surface area contributed by atoms with Gasteiger partial charge in [0.2, 0.25) is 16.0 Å². The lowest BCUT2D eigenvalue weighted by Crippen LogP contribution is -2.33. The van der Waals surface area contributed by atoms with Crippen molar-refractivity contribution in [1.82, 2.24) is 14.7 Å². The average Bonchev–Trinajstić information content (AvgIpc) is 2.91. The molecule has 0 radical (unpaired) electrons. The second kappa shape index (κ2) is 12.4. The van der Waals surface area contributed by atoms with Crippen LogP contribution in [0.5, 0.6) is 5.75 Å². The number of fused-ring (bicyclic) bond motifs is 1. The van der Waals surface area contributed by atoms with E-state index in [-0.39, 0.29) is 12.5 Å². The first-order chi connectivity index (χ1) is 18.6. The van der Waals surface area contributed by atoms with Gasteiger partial charge in [-0.15, -0.1) is 13.2 Å². The summed E-state index contributed by atoms with van der Waals surface area (Å²) >= 11 is 0. The predicted molar refractivity (Wildman–Crippen MR) is 145 cm³/mol. The molecule has 212 valence electrons. The van der Waals surface area contributed by atoms with E-state index in [1.54, 1.807) is 0 Å². The smallest absolute Gasteiger partial charge is 0.404 e. The van der Waals surface area contributed by atoms with Crippen molar-refractivity contribution in [3.05, 3.63) is 48.5 Å². The van der Waals surface area contributed by atoms with Crippen molar-refractivity contribution in [3.63, 3.8) is 0 Å². The lowest BCUT2D eigenvalue weighted by molar-refractivity contribution is -0.275. The van der Waals surface area contributed by atoms with Gasteiger partial charge in [0.05, 0.1) is 5.52 Å². The largest absolute Gasteiger partial charge is 0.573 e. The van der Waals surface area contributed by atoms with Crippen LogP contribution in [-0.2, 0) is 10.0 Å². The molecule has 8 nitrogen and oxygen atoms in total. The van der Waals surface area contributed by atoms with E-state index in [2.05, 4.69) is 33.5 Å². The molecule has 0 unspecified atom stereocenters. The van der Waals surface area contributed by atoms with E-state index in [0.717, 1.165) is 67.6 Å². The third kappa shape index (κ3) is 7.51. The summed E-state index contributed by atoms with van der Waals surface area (Å²) in [5.41, 5.74) is 0.884. The fraction of sp³-hybridized carbons (Fsp3) is 0.481. The second-order valence-electron chi connectivity index (χ2n) is 9.67. The van der Waals surface area contributed by atoms with Crippen molar-refractivity contribution in [2.45, 2.75) is 50.8 Å². The molecule has 1 fully saturated rings. The van der Waals surface area contributed by atoms with Crippen LogP contribution in [0.15, 0.2) is 53.4 Å². The zero-order chi connectivity index (χ0) is 28.0. The number of hydrogen-bond donors (Lipinski definition) is 2. The number of anilines is 2. The number of halogens is 3. The maximum atomic E-state index is 12.7. The van der Waals surface area contributed by atoms with Gasteiger partial charge in [0.15, 0.2) is 0 Å². The van der Waals surface area contributed by atoms with Gasteiger partial charge in [-0.1, -0.05) is 24.3 Å². The number of aromatic nitrogens is 2. The molecule has 39 heavy (non-hydrogen) atoms. The van der Waals surface area contributed by atoms with Crippen LogP contribution in [0, 0.1) is 11.8 Å². The van der Waals surface area contributed by atoms with E-state index in [1.807, 2.05) is 24.3 Å². The van der Waals surface area contributed by atoms with Gasteiger partial charge >= 0.3 is 6.36 Å². The fourth-order valence-corrected chi connectivity index (χ4v) is 6.21. The molecule has 2 aromatic carbocycles. The SMILES string of the molecule is CCN(CC)c1nc(NCC2CCC(CNS(=O)(=O)c3ccccc3OC(F)(F)F)CC2)nc2ccccc12. The molecule has 12 heteroatoms. The Labute approximate surface area is 227 Å². The topological polar surface area (TPSA) is 96.5 Å². The van der Waals surface area contributed by atoms with E-state index in [4.69, 9.17) is 9.97 Å². The van der Waals surface area contributed by atoms with Crippen molar-refractivity contribution >= 4 is 32.7 Å². The molecular formula is C27H34F3N5O3S. The molecule has 0 amide bonds. The second-order valence-corrected chi connectivity index (χ2v) is 11.4.